The monoisotopic (exact) mass is 305 g/mol. The number of hydrogen-bond donors (Lipinski definition) is 0. The predicted molar refractivity (Wildman–Crippen MR) is 80.9 cm³/mol. The fraction of sp³-hybridized carbons (Fsp3) is 0.588. The van der Waals surface area contributed by atoms with E-state index in [2.05, 4.69) is 12.1 Å². The first kappa shape index (κ1) is 15.5. The molecule has 4 atom stereocenters. The summed E-state index contributed by atoms with van der Waals surface area (Å²) in [7, 11) is 3.16. The van der Waals surface area contributed by atoms with Gasteiger partial charge < -0.3 is 9.47 Å². The highest BCUT2D eigenvalue weighted by molar-refractivity contribution is 5.81. The van der Waals surface area contributed by atoms with Gasteiger partial charge in [0.05, 0.1) is 19.3 Å². The summed E-state index contributed by atoms with van der Waals surface area (Å²) in [6.45, 7) is 4.04. The van der Waals surface area contributed by atoms with Crippen LogP contribution in [-0.2, 0) is 19.1 Å². The van der Waals surface area contributed by atoms with E-state index < -0.39 is 0 Å². The molecule has 1 aromatic rings. The zero-order chi connectivity index (χ0) is 15.9. The van der Waals surface area contributed by atoms with E-state index in [0.717, 1.165) is 12.0 Å². The molecule has 2 unspecified atom stereocenters. The fourth-order valence-electron chi connectivity index (χ4n) is 2.86. The molecule has 1 aliphatic heterocycles. The first-order valence-corrected chi connectivity index (χ1v) is 7.73. The maximum absolute atomic E-state index is 12.0. The first-order valence-electron chi connectivity index (χ1n) is 7.73. The SMILES string of the molecule is CON(C)C(=O)C1CC1c1ccc(C2O[C@@H](C)[C@H](C)O2)cc1. The normalized spacial score (nSPS) is 31.3. The van der Waals surface area contributed by atoms with Gasteiger partial charge >= 0.3 is 0 Å². The van der Waals surface area contributed by atoms with Crippen molar-refractivity contribution < 1.29 is 19.1 Å². The molecule has 0 spiro atoms. The Morgan fingerprint density at radius 1 is 1.14 bits per heavy atom. The van der Waals surface area contributed by atoms with Crippen LogP contribution in [-0.4, -0.2) is 37.3 Å². The molecule has 0 N–H and O–H groups in total. The maximum atomic E-state index is 12.0. The summed E-state index contributed by atoms with van der Waals surface area (Å²) < 4.78 is 11.6. The summed E-state index contributed by atoms with van der Waals surface area (Å²) in [6, 6.07) is 8.20. The van der Waals surface area contributed by atoms with E-state index in [1.54, 1.807) is 7.05 Å². The zero-order valence-corrected chi connectivity index (χ0v) is 13.5. The van der Waals surface area contributed by atoms with Crippen LogP contribution in [0, 0.1) is 5.92 Å². The van der Waals surface area contributed by atoms with Crippen molar-refractivity contribution in [3.8, 4) is 0 Å². The van der Waals surface area contributed by atoms with Crippen LogP contribution in [0.2, 0.25) is 0 Å². The number of nitrogens with zero attached hydrogens (tertiary/aromatic N) is 1. The van der Waals surface area contributed by atoms with Crippen LogP contribution < -0.4 is 0 Å². The average molecular weight is 305 g/mol. The second kappa shape index (κ2) is 5.99. The van der Waals surface area contributed by atoms with Gasteiger partial charge in [-0.05, 0) is 31.7 Å². The van der Waals surface area contributed by atoms with Crippen molar-refractivity contribution >= 4 is 5.91 Å². The molecular formula is C17H23NO4. The smallest absolute Gasteiger partial charge is 0.249 e. The van der Waals surface area contributed by atoms with Crippen molar-refractivity contribution in [3.63, 3.8) is 0 Å². The Morgan fingerprint density at radius 2 is 1.68 bits per heavy atom. The average Bonchev–Trinajstić information content (AvgIpc) is 3.26. The highest BCUT2D eigenvalue weighted by Gasteiger charge is 2.45. The highest BCUT2D eigenvalue weighted by Crippen LogP contribution is 2.48. The van der Waals surface area contributed by atoms with Gasteiger partial charge in [-0.1, -0.05) is 24.3 Å². The zero-order valence-electron chi connectivity index (χ0n) is 13.5. The van der Waals surface area contributed by atoms with Gasteiger partial charge in [0.2, 0.25) is 5.91 Å². The van der Waals surface area contributed by atoms with Gasteiger partial charge in [-0.2, -0.15) is 0 Å². The number of hydroxylamine groups is 2. The van der Waals surface area contributed by atoms with Crippen molar-refractivity contribution in [2.24, 2.45) is 5.92 Å². The molecular weight excluding hydrogens is 282 g/mol. The summed E-state index contributed by atoms with van der Waals surface area (Å²) in [4.78, 5) is 17.0. The molecule has 1 aromatic carbocycles. The Hall–Kier alpha value is -1.43. The lowest BCUT2D eigenvalue weighted by molar-refractivity contribution is -0.170. The number of benzene rings is 1. The highest BCUT2D eigenvalue weighted by atomic mass is 16.7. The van der Waals surface area contributed by atoms with Crippen LogP contribution in [0.3, 0.4) is 0 Å². The second-order valence-electron chi connectivity index (χ2n) is 6.15. The lowest BCUT2D eigenvalue weighted by Crippen LogP contribution is -2.27. The maximum Gasteiger partial charge on any atom is 0.249 e. The fourth-order valence-corrected chi connectivity index (χ4v) is 2.86. The molecule has 2 fully saturated rings. The number of hydrogen-bond acceptors (Lipinski definition) is 4. The third-order valence-corrected chi connectivity index (χ3v) is 4.67. The molecule has 1 amide bonds. The number of amides is 1. The molecule has 120 valence electrons. The molecule has 0 aromatic heterocycles. The topological polar surface area (TPSA) is 48.0 Å². The molecule has 1 saturated heterocycles. The Morgan fingerprint density at radius 3 is 2.23 bits per heavy atom. The van der Waals surface area contributed by atoms with Crippen LogP contribution in [0.5, 0.6) is 0 Å². The molecule has 22 heavy (non-hydrogen) atoms. The van der Waals surface area contributed by atoms with Crippen LogP contribution >= 0.6 is 0 Å². The third kappa shape index (κ3) is 2.89. The number of ether oxygens (including phenoxy) is 2. The van der Waals surface area contributed by atoms with Gasteiger partial charge in [-0.3, -0.25) is 9.63 Å². The summed E-state index contributed by atoms with van der Waals surface area (Å²) in [5, 5.41) is 1.31. The molecule has 3 rings (SSSR count). The molecule has 0 radical (unpaired) electrons. The predicted octanol–water partition coefficient (Wildman–Crippen LogP) is 2.63. The molecule has 1 saturated carbocycles. The van der Waals surface area contributed by atoms with Gasteiger partial charge in [0, 0.05) is 18.5 Å². The van der Waals surface area contributed by atoms with Gasteiger partial charge in [0.25, 0.3) is 0 Å². The molecule has 0 bridgehead atoms. The van der Waals surface area contributed by atoms with Crippen molar-refractivity contribution in [2.75, 3.05) is 14.2 Å². The minimum Gasteiger partial charge on any atom is -0.343 e. The lowest BCUT2D eigenvalue weighted by Gasteiger charge is -2.13. The molecule has 1 heterocycles. The van der Waals surface area contributed by atoms with Gasteiger partial charge in [0.15, 0.2) is 6.29 Å². The van der Waals surface area contributed by atoms with E-state index in [0.29, 0.717) is 5.92 Å². The number of carbonyl (C=O) groups excluding carboxylic acids is 1. The second-order valence-corrected chi connectivity index (χ2v) is 6.15. The van der Waals surface area contributed by atoms with E-state index in [4.69, 9.17) is 14.3 Å². The largest absolute Gasteiger partial charge is 0.343 e. The van der Waals surface area contributed by atoms with Gasteiger partial charge in [-0.15, -0.1) is 0 Å². The third-order valence-electron chi connectivity index (χ3n) is 4.67. The van der Waals surface area contributed by atoms with E-state index in [9.17, 15) is 4.79 Å². The molecule has 2 aliphatic rings. The lowest BCUT2D eigenvalue weighted by atomic mass is 10.1. The van der Waals surface area contributed by atoms with Gasteiger partial charge in [-0.25, -0.2) is 5.06 Å². The van der Waals surface area contributed by atoms with Crippen LogP contribution in [0.1, 0.15) is 43.6 Å². The Balaban J connectivity index is 1.63. The van der Waals surface area contributed by atoms with E-state index >= 15 is 0 Å². The molecule has 5 nitrogen and oxygen atoms in total. The first-order chi connectivity index (χ1) is 10.5. The number of carbonyl (C=O) groups is 1. The van der Waals surface area contributed by atoms with Gasteiger partial charge in [0.1, 0.15) is 0 Å². The Labute approximate surface area is 131 Å². The molecule has 1 aliphatic carbocycles. The van der Waals surface area contributed by atoms with Crippen molar-refractivity contribution in [1.29, 1.82) is 0 Å². The van der Waals surface area contributed by atoms with Crippen LogP contribution in [0.25, 0.3) is 0 Å². The van der Waals surface area contributed by atoms with E-state index in [1.807, 2.05) is 26.0 Å². The van der Waals surface area contributed by atoms with Crippen molar-refractivity contribution in [2.45, 2.75) is 44.7 Å². The summed E-state index contributed by atoms with van der Waals surface area (Å²) in [5.74, 6) is 0.374. The van der Waals surface area contributed by atoms with Crippen molar-refractivity contribution in [3.05, 3.63) is 35.4 Å². The van der Waals surface area contributed by atoms with Crippen molar-refractivity contribution in [1.82, 2.24) is 5.06 Å². The molecule has 5 heteroatoms. The summed E-state index contributed by atoms with van der Waals surface area (Å²) in [6.07, 6.45) is 0.825. The van der Waals surface area contributed by atoms with E-state index in [-0.39, 0.29) is 30.3 Å². The Bertz CT molecular complexity index is 534. The van der Waals surface area contributed by atoms with Crippen LogP contribution in [0.4, 0.5) is 0 Å². The van der Waals surface area contributed by atoms with E-state index in [1.165, 1.54) is 17.7 Å². The summed E-state index contributed by atoms with van der Waals surface area (Å²) in [5.41, 5.74) is 2.21. The number of rotatable bonds is 4. The minimum absolute atomic E-state index is 0.0369. The Kier molecular flexibility index (Phi) is 4.21. The summed E-state index contributed by atoms with van der Waals surface area (Å²) >= 11 is 0. The quantitative estimate of drug-likeness (QED) is 0.802. The standard InChI is InChI=1S/C17H23NO4/c1-10-11(2)22-17(21-10)13-7-5-12(6-8-13)14-9-15(14)16(19)18(3)20-4/h5-8,10-11,14-15,17H,9H2,1-4H3/t10-,11-,14?,15?/m0/s1. The van der Waals surface area contributed by atoms with Crippen LogP contribution in [0.15, 0.2) is 24.3 Å². The minimum atomic E-state index is -0.282.